The largest absolute Gasteiger partial charge is 0.316 e. The Labute approximate surface area is 125 Å². The number of hydrogen-bond acceptors (Lipinski definition) is 6. The summed E-state index contributed by atoms with van der Waals surface area (Å²) in [5.41, 5.74) is 3.01. The number of rotatable bonds is 3. The van der Waals surface area contributed by atoms with Crippen molar-refractivity contribution in [3.8, 4) is 10.6 Å². The topological polar surface area (TPSA) is 50.7 Å². The molecule has 3 rings (SSSR count). The zero-order chi connectivity index (χ0) is 14.1. The van der Waals surface area contributed by atoms with Gasteiger partial charge in [-0.25, -0.2) is 15.0 Å². The van der Waals surface area contributed by atoms with Crippen LogP contribution in [0.1, 0.15) is 16.4 Å². The third kappa shape index (κ3) is 2.71. The van der Waals surface area contributed by atoms with Crippen molar-refractivity contribution in [1.29, 1.82) is 0 Å². The molecule has 0 fully saturated rings. The molecule has 0 aromatic carbocycles. The van der Waals surface area contributed by atoms with Crippen molar-refractivity contribution >= 4 is 33.6 Å². The Morgan fingerprint density at radius 1 is 1.05 bits per heavy atom. The third-order valence-electron chi connectivity index (χ3n) is 2.76. The van der Waals surface area contributed by atoms with Crippen molar-refractivity contribution in [3.05, 3.63) is 40.0 Å². The van der Waals surface area contributed by atoms with Crippen LogP contribution in [-0.4, -0.2) is 15.0 Å². The van der Waals surface area contributed by atoms with Gasteiger partial charge in [0.1, 0.15) is 5.82 Å². The standard InChI is InChI=1S/C14H14N4S2/c1-8-5-4-6-12(15-8)18-14-17-11(7-19-14)13-9(2)16-10(3)20-13/h4-7H,1-3H3,(H,15,17,18). The molecular formula is C14H14N4S2. The lowest BCUT2D eigenvalue weighted by Crippen LogP contribution is -1.93. The monoisotopic (exact) mass is 302 g/mol. The van der Waals surface area contributed by atoms with Crippen LogP contribution < -0.4 is 5.32 Å². The van der Waals surface area contributed by atoms with Gasteiger partial charge in [0, 0.05) is 11.1 Å². The summed E-state index contributed by atoms with van der Waals surface area (Å²) in [6.45, 7) is 6.01. The van der Waals surface area contributed by atoms with E-state index in [1.54, 1.807) is 22.7 Å². The SMILES string of the molecule is Cc1cccc(Nc2nc(-c3sc(C)nc3C)cs2)n1. The van der Waals surface area contributed by atoms with Crippen molar-refractivity contribution < 1.29 is 0 Å². The van der Waals surface area contributed by atoms with E-state index in [9.17, 15) is 0 Å². The van der Waals surface area contributed by atoms with E-state index in [0.29, 0.717) is 0 Å². The fourth-order valence-electron chi connectivity index (χ4n) is 1.93. The predicted molar refractivity (Wildman–Crippen MR) is 85.0 cm³/mol. The molecule has 0 atom stereocenters. The molecule has 0 saturated carbocycles. The van der Waals surface area contributed by atoms with Gasteiger partial charge in [-0.2, -0.15) is 0 Å². The van der Waals surface area contributed by atoms with E-state index < -0.39 is 0 Å². The summed E-state index contributed by atoms with van der Waals surface area (Å²) in [5.74, 6) is 0.822. The Balaban J connectivity index is 1.85. The number of pyridine rings is 1. The summed E-state index contributed by atoms with van der Waals surface area (Å²) in [5, 5.41) is 7.22. The van der Waals surface area contributed by atoms with Crippen LogP contribution in [0.25, 0.3) is 10.6 Å². The molecule has 3 heterocycles. The first-order chi connectivity index (χ1) is 9.61. The first kappa shape index (κ1) is 13.2. The quantitative estimate of drug-likeness (QED) is 0.782. The molecule has 1 N–H and O–H groups in total. The molecule has 0 amide bonds. The molecule has 0 aliphatic rings. The third-order valence-corrected chi connectivity index (χ3v) is 4.62. The molecule has 0 spiro atoms. The van der Waals surface area contributed by atoms with Gasteiger partial charge >= 0.3 is 0 Å². The van der Waals surface area contributed by atoms with Gasteiger partial charge in [0.05, 0.1) is 21.3 Å². The molecule has 0 radical (unpaired) electrons. The molecule has 0 aliphatic heterocycles. The van der Waals surface area contributed by atoms with Gasteiger partial charge in [-0.3, -0.25) is 0 Å². The van der Waals surface area contributed by atoms with E-state index in [-0.39, 0.29) is 0 Å². The average Bonchev–Trinajstić information content (AvgIpc) is 2.96. The fraction of sp³-hybridized carbons (Fsp3) is 0.214. The van der Waals surface area contributed by atoms with Gasteiger partial charge in [0.2, 0.25) is 0 Å². The molecule has 3 aromatic rings. The van der Waals surface area contributed by atoms with Crippen molar-refractivity contribution in [2.45, 2.75) is 20.8 Å². The highest BCUT2D eigenvalue weighted by Crippen LogP contribution is 2.32. The maximum atomic E-state index is 4.62. The van der Waals surface area contributed by atoms with Gasteiger partial charge < -0.3 is 5.32 Å². The van der Waals surface area contributed by atoms with Crippen LogP contribution in [0.3, 0.4) is 0 Å². The van der Waals surface area contributed by atoms with Gasteiger partial charge in [0.25, 0.3) is 0 Å². The van der Waals surface area contributed by atoms with Gasteiger partial charge in [-0.15, -0.1) is 22.7 Å². The van der Waals surface area contributed by atoms with Crippen molar-refractivity contribution in [2.24, 2.45) is 0 Å². The summed E-state index contributed by atoms with van der Waals surface area (Å²) < 4.78 is 0. The van der Waals surface area contributed by atoms with E-state index in [1.165, 1.54) is 0 Å². The Kier molecular flexibility index (Phi) is 3.50. The molecular weight excluding hydrogens is 288 g/mol. The summed E-state index contributed by atoms with van der Waals surface area (Å²) in [4.78, 5) is 14.6. The molecule has 20 heavy (non-hydrogen) atoms. The summed E-state index contributed by atoms with van der Waals surface area (Å²) in [6, 6.07) is 5.90. The number of aromatic nitrogens is 3. The van der Waals surface area contributed by atoms with Crippen molar-refractivity contribution in [3.63, 3.8) is 0 Å². The lowest BCUT2D eigenvalue weighted by molar-refractivity contribution is 1.19. The maximum absolute atomic E-state index is 4.62. The highest BCUT2D eigenvalue weighted by molar-refractivity contribution is 7.16. The van der Waals surface area contributed by atoms with E-state index >= 15 is 0 Å². The summed E-state index contributed by atoms with van der Waals surface area (Å²) in [7, 11) is 0. The Hall–Kier alpha value is -1.79. The molecule has 102 valence electrons. The highest BCUT2D eigenvalue weighted by Gasteiger charge is 2.11. The highest BCUT2D eigenvalue weighted by atomic mass is 32.1. The normalized spacial score (nSPS) is 10.8. The molecule has 0 bridgehead atoms. The number of thiazole rings is 2. The number of nitrogens with zero attached hydrogens (tertiary/aromatic N) is 3. The number of nitrogens with one attached hydrogen (secondary N) is 1. The van der Waals surface area contributed by atoms with Crippen molar-refractivity contribution in [2.75, 3.05) is 5.32 Å². The number of anilines is 2. The second-order valence-electron chi connectivity index (χ2n) is 4.47. The minimum atomic E-state index is 0.822. The Bertz CT molecular complexity index is 745. The van der Waals surface area contributed by atoms with E-state index in [0.717, 1.165) is 37.9 Å². The first-order valence-corrected chi connectivity index (χ1v) is 7.92. The molecule has 3 aromatic heterocycles. The van der Waals surface area contributed by atoms with Crippen LogP contribution >= 0.6 is 22.7 Å². The smallest absolute Gasteiger partial charge is 0.188 e. The van der Waals surface area contributed by atoms with Crippen LogP contribution in [0.15, 0.2) is 23.6 Å². The molecule has 0 saturated heterocycles. The van der Waals surface area contributed by atoms with Crippen LogP contribution in [-0.2, 0) is 0 Å². The van der Waals surface area contributed by atoms with E-state index in [2.05, 4.69) is 25.6 Å². The minimum absolute atomic E-state index is 0.822. The van der Waals surface area contributed by atoms with E-state index in [4.69, 9.17) is 0 Å². The second-order valence-corrected chi connectivity index (χ2v) is 6.54. The number of hydrogen-bond donors (Lipinski definition) is 1. The maximum Gasteiger partial charge on any atom is 0.188 e. The minimum Gasteiger partial charge on any atom is -0.316 e. The van der Waals surface area contributed by atoms with E-state index in [1.807, 2.05) is 39.0 Å². The Morgan fingerprint density at radius 3 is 2.60 bits per heavy atom. The lowest BCUT2D eigenvalue weighted by atomic mass is 10.3. The summed E-state index contributed by atoms with van der Waals surface area (Å²) in [6.07, 6.45) is 0. The van der Waals surface area contributed by atoms with Gasteiger partial charge in [-0.05, 0) is 32.9 Å². The van der Waals surface area contributed by atoms with Gasteiger partial charge in [0.15, 0.2) is 5.13 Å². The average molecular weight is 302 g/mol. The zero-order valence-electron chi connectivity index (χ0n) is 11.5. The molecule has 0 aliphatic carbocycles. The molecule has 0 unspecified atom stereocenters. The fourth-order valence-corrected chi connectivity index (χ4v) is 3.59. The first-order valence-electron chi connectivity index (χ1n) is 6.22. The van der Waals surface area contributed by atoms with Crippen LogP contribution in [0, 0.1) is 20.8 Å². The summed E-state index contributed by atoms with van der Waals surface area (Å²) >= 11 is 3.26. The van der Waals surface area contributed by atoms with Crippen molar-refractivity contribution in [1.82, 2.24) is 15.0 Å². The predicted octanol–water partition coefficient (Wildman–Crippen LogP) is 4.33. The second kappa shape index (κ2) is 5.30. The van der Waals surface area contributed by atoms with Crippen LogP contribution in [0.5, 0.6) is 0 Å². The lowest BCUT2D eigenvalue weighted by Gasteiger charge is -2.01. The molecule has 6 heteroatoms. The Morgan fingerprint density at radius 2 is 1.90 bits per heavy atom. The van der Waals surface area contributed by atoms with Crippen LogP contribution in [0.2, 0.25) is 0 Å². The van der Waals surface area contributed by atoms with Crippen LogP contribution in [0.4, 0.5) is 10.9 Å². The molecule has 4 nitrogen and oxygen atoms in total. The number of aryl methyl sites for hydroxylation is 3. The van der Waals surface area contributed by atoms with Gasteiger partial charge in [-0.1, -0.05) is 6.07 Å². The zero-order valence-corrected chi connectivity index (χ0v) is 13.1.